The van der Waals surface area contributed by atoms with E-state index < -0.39 is 0 Å². The smallest absolute Gasteiger partial charge is 0.0624 e. The average Bonchev–Trinajstić information content (AvgIpc) is 2.45. The predicted octanol–water partition coefficient (Wildman–Crippen LogP) is 2.54. The minimum atomic E-state index is 1.14. The first kappa shape index (κ1) is 9.30. The summed E-state index contributed by atoms with van der Waals surface area (Å²) in [5.74, 6) is 0. The molecule has 0 N–H and O–H groups in total. The predicted molar refractivity (Wildman–Crippen MR) is 51.1 cm³/mol. The van der Waals surface area contributed by atoms with Gasteiger partial charge in [-0.05, 0) is 18.9 Å². The zero-order valence-electron chi connectivity index (χ0n) is 8.08. The summed E-state index contributed by atoms with van der Waals surface area (Å²) >= 11 is 0. The first-order valence-corrected chi connectivity index (χ1v) is 4.81. The Bertz CT molecular complexity index is 215. The second-order valence-electron chi connectivity index (χ2n) is 3.29. The first-order valence-electron chi connectivity index (χ1n) is 4.81. The lowest BCUT2D eigenvalue weighted by atomic mass is 10.1. The molecule has 1 heterocycles. The van der Waals surface area contributed by atoms with Gasteiger partial charge in [0.25, 0.3) is 0 Å². The van der Waals surface area contributed by atoms with E-state index in [0.29, 0.717) is 0 Å². The fourth-order valence-electron chi connectivity index (χ4n) is 1.33. The van der Waals surface area contributed by atoms with Crippen molar-refractivity contribution < 1.29 is 0 Å². The second-order valence-corrected chi connectivity index (χ2v) is 3.29. The molecule has 1 aromatic rings. The number of aromatic nitrogens is 2. The van der Waals surface area contributed by atoms with E-state index in [1.165, 1.54) is 31.4 Å². The highest BCUT2D eigenvalue weighted by Crippen LogP contribution is 2.04. The fraction of sp³-hybridized carbons (Fsp3) is 0.700. The van der Waals surface area contributed by atoms with Crippen LogP contribution in [0.3, 0.4) is 0 Å². The lowest BCUT2D eigenvalue weighted by Crippen LogP contribution is -1.91. The van der Waals surface area contributed by atoms with Crippen molar-refractivity contribution in [1.82, 2.24) is 9.78 Å². The minimum absolute atomic E-state index is 1.14. The molecule has 0 unspecified atom stereocenters. The summed E-state index contributed by atoms with van der Waals surface area (Å²) < 4.78 is 1.87. The van der Waals surface area contributed by atoms with Gasteiger partial charge in [-0.1, -0.05) is 26.2 Å². The second kappa shape index (κ2) is 4.96. The summed E-state index contributed by atoms with van der Waals surface area (Å²) in [6.07, 6.45) is 8.43. The topological polar surface area (TPSA) is 17.8 Å². The molecule has 0 bridgehead atoms. The number of rotatable bonds is 5. The Morgan fingerprint density at radius 1 is 1.33 bits per heavy atom. The lowest BCUT2D eigenvalue weighted by Gasteiger charge is -1.95. The van der Waals surface area contributed by atoms with Gasteiger partial charge in [0.1, 0.15) is 0 Å². The molecule has 1 rings (SSSR count). The van der Waals surface area contributed by atoms with Crippen LogP contribution in [0.2, 0.25) is 0 Å². The first-order chi connectivity index (χ1) is 5.83. The molecule has 0 aliphatic carbocycles. The number of unbranched alkanes of at least 4 members (excludes halogenated alkanes) is 3. The van der Waals surface area contributed by atoms with Crippen molar-refractivity contribution in [2.24, 2.45) is 7.05 Å². The molecule has 0 amide bonds. The Kier molecular flexibility index (Phi) is 3.85. The molecule has 1 aromatic heterocycles. The zero-order chi connectivity index (χ0) is 8.81. The van der Waals surface area contributed by atoms with Crippen molar-refractivity contribution in [3.05, 3.63) is 18.0 Å². The Labute approximate surface area is 74.6 Å². The third-order valence-electron chi connectivity index (χ3n) is 2.06. The standard InChI is InChI=1S/C10H18N2/c1-3-4-5-6-7-10-8-9-12(2)11-10/h8-9H,3-7H2,1-2H3. The van der Waals surface area contributed by atoms with E-state index in [1.54, 1.807) is 0 Å². The molecule has 0 atom stereocenters. The van der Waals surface area contributed by atoms with Gasteiger partial charge in [-0.25, -0.2) is 0 Å². The molecular weight excluding hydrogens is 148 g/mol. The van der Waals surface area contributed by atoms with Crippen molar-refractivity contribution in [2.75, 3.05) is 0 Å². The SMILES string of the molecule is CCCCCCc1ccn(C)n1. The van der Waals surface area contributed by atoms with Gasteiger partial charge in [-0.15, -0.1) is 0 Å². The van der Waals surface area contributed by atoms with Crippen LogP contribution in [0.4, 0.5) is 0 Å². The van der Waals surface area contributed by atoms with Crippen LogP contribution < -0.4 is 0 Å². The van der Waals surface area contributed by atoms with Crippen LogP contribution in [0.5, 0.6) is 0 Å². The highest BCUT2D eigenvalue weighted by molar-refractivity contribution is 4.98. The highest BCUT2D eigenvalue weighted by atomic mass is 15.2. The van der Waals surface area contributed by atoms with E-state index >= 15 is 0 Å². The number of aryl methyl sites for hydroxylation is 2. The van der Waals surface area contributed by atoms with Gasteiger partial charge in [0.15, 0.2) is 0 Å². The van der Waals surface area contributed by atoms with Crippen LogP contribution in [0.25, 0.3) is 0 Å². The fourth-order valence-corrected chi connectivity index (χ4v) is 1.33. The van der Waals surface area contributed by atoms with Gasteiger partial charge >= 0.3 is 0 Å². The van der Waals surface area contributed by atoms with Crippen LogP contribution in [-0.4, -0.2) is 9.78 Å². The van der Waals surface area contributed by atoms with E-state index in [-0.39, 0.29) is 0 Å². The third-order valence-corrected chi connectivity index (χ3v) is 2.06. The molecule has 0 radical (unpaired) electrons. The van der Waals surface area contributed by atoms with Crippen LogP contribution in [0.15, 0.2) is 12.3 Å². The van der Waals surface area contributed by atoms with Crippen LogP contribution in [0, 0.1) is 0 Å². The Morgan fingerprint density at radius 2 is 2.17 bits per heavy atom. The molecule has 0 saturated carbocycles. The molecule has 0 fully saturated rings. The molecule has 0 aliphatic heterocycles. The molecule has 68 valence electrons. The third kappa shape index (κ3) is 3.07. The van der Waals surface area contributed by atoms with Crippen molar-refractivity contribution in [2.45, 2.75) is 39.0 Å². The molecule has 12 heavy (non-hydrogen) atoms. The van der Waals surface area contributed by atoms with Gasteiger partial charge in [-0.3, -0.25) is 4.68 Å². The van der Waals surface area contributed by atoms with Crippen molar-refractivity contribution >= 4 is 0 Å². The quantitative estimate of drug-likeness (QED) is 0.615. The summed E-state index contributed by atoms with van der Waals surface area (Å²) in [6.45, 7) is 2.24. The molecule has 0 aromatic carbocycles. The van der Waals surface area contributed by atoms with Crippen LogP contribution in [0.1, 0.15) is 38.3 Å². The maximum atomic E-state index is 4.32. The minimum Gasteiger partial charge on any atom is -0.276 e. The summed E-state index contributed by atoms with van der Waals surface area (Å²) in [6, 6.07) is 2.10. The lowest BCUT2D eigenvalue weighted by molar-refractivity contribution is 0.649. The van der Waals surface area contributed by atoms with E-state index in [1.807, 2.05) is 17.9 Å². The molecule has 0 spiro atoms. The van der Waals surface area contributed by atoms with Crippen LogP contribution in [-0.2, 0) is 13.5 Å². The monoisotopic (exact) mass is 166 g/mol. The van der Waals surface area contributed by atoms with Gasteiger partial charge in [0.2, 0.25) is 0 Å². The van der Waals surface area contributed by atoms with E-state index in [0.717, 1.165) is 6.42 Å². The van der Waals surface area contributed by atoms with Crippen molar-refractivity contribution in [3.8, 4) is 0 Å². The largest absolute Gasteiger partial charge is 0.276 e. The molecule has 0 aliphatic rings. The highest BCUT2D eigenvalue weighted by Gasteiger charge is 1.95. The van der Waals surface area contributed by atoms with Crippen LogP contribution >= 0.6 is 0 Å². The van der Waals surface area contributed by atoms with Gasteiger partial charge < -0.3 is 0 Å². The normalized spacial score (nSPS) is 10.5. The maximum absolute atomic E-state index is 4.32. The van der Waals surface area contributed by atoms with E-state index in [9.17, 15) is 0 Å². The van der Waals surface area contributed by atoms with Crippen molar-refractivity contribution in [3.63, 3.8) is 0 Å². The Morgan fingerprint density at radius 3 is 2.75 bits per heavy atom. The van der Waals surface area contributed by atoms with Gasteiger partial charge in [-0.2, -0.15) is 5.10 Å². The summed E-state index contributed by atoms with van der Waals surface area (Å²) in [5, 5.41) is 4.32. The Balaban J connectivity index is 2.15. The van der Waals surface area contributed by atoms with Crippen molar-refractivity contribution in [1.29, 1.82) is 0 Å². The number of hydrogen-bond acceptors (Lipinski definition) is 1. The molecular formula is C10H18N2. The molecule has 0 saturated heterocycles. The maximum Gasteiger partial charge on any atom is 0.0624 e. The number of hydrogen-bond donors (Lipinski definition) is 0. The van der Waals surface area contributed by atoms with Gasteiger partial charge in [0.05, 0.1) is 5.69 Å². The van der Waals surface area contributed by atoms with Gasteiger partial charge in [0, 0.05) is 13.2 Å². The van der Waals surface area contributed by atoms with E-state index in [4.69, 9.17) is 0 Å². The Hall–Kier alpha value is -0.790. The summed E-state index contributed by atoms with van der Waals surface area (Å²) in [4.78, 5) is 0. The number of nitrogens with zero attached hydrogens (tertiary/aromatic N) is 2. The average molecular weight is 166 g/mol. The molecule has 2 nitrogen and oxygen atoms in total. The molecule has 2 heteroatoms. The summed E-state index contributed by atoms with van der Waals surface area (Å²) in [7, 11) is 1.97. The summed E-state index contributed by atoms with van der Waals surface area (Å²) in [5.41, 5.74) is 1.23. The van der Waals surface area contributed by atoms with E-state index in [2.05, 4.69) is 18.1 Å². The zero-order valence-corrected chi connectivity index (χ0v) is 8.08.